The molecule has 0 heterocycles. The van der Waals surface area contributed by atoms with E-state index in [1.807, 2.05) is 0 Å². The van der Waals surface area contributed by atoms with Crippen LogP contribution >= 0.6 is 0 Å². The maximum atomic E-state index is 12.5. The van der Waals surface area contributed by atoms with Gasteiger partial charge in [0, 0.05) is 19.1 Å². The van der Waals surface area contributed by atoms with Crippen LogP contribution in [-0.4, -0.2) is 52.6 Å². The van der Waals surface area contributed by atoms with E-state index in [0.717, 1.165) is 12.8 Å². The van der Waals surface area contributed by atoms with Gasteiger partial charge in [-0.25, -0.2) is 4.79 Å². The number of carbonyl (C=O) groups excluding carboxylic acids is 1. The van der Waals surface area contributed by atoms with Crippen LogP contribution in [0.5, 0.6) is 0 Å². The molecule has 0 unspecified atom stereocenters. The number of hydrogen-bond donors (Lipinski definition) is 1. The zero-order valence-electron chi connectivity index (χ0n) is 12.4. The van der Waals surface area contributed by atoms with Crippen molar-refractivity contribution in [3.63, 3.8) is 0 Å². The highest BCUT2D eigenvalue weighted by molar-refractivity contribution is 5.80. The molecule has 5 nitrogen and oxygen atoms in total. The van der Waals surface area contributed by atoms with Gasteiger partial charge in [-0.3, -0.25) is 4.79 Å². The van der Waals surface area contributed by atoms with Crippen LogP contribution < -0.4 is 0 Å². The Morgan fingerprint density at radius 1 is 1.11 bits per heavy atom. The number of carbonyl (C=O) groups is 2. The van der Waals surface area contributed by atoms with Crippen LogP contribution in [0.25, 0.3) is 0 Å². The molecule has 0 aromatic heterocycles. The molecule has 1 rings (SSSR count). The van der Waals surface area contributed by atoms with Crippen LogP contribution in [0.15, 0.2) is 0 Å². The SMILES string of the molecule is CC(C)CN(CC(C)C)C(=O)N(CC(=O)O)C1CC1. The molecule has 0 aliphatic heterocycles. The normalized spacial score (nSPS) is 14.8. The standard InChI is InChI=1S/C14H26N2O3/c1-10(2)7-15(8-11(3)4)14(19)16(9-13(17)18)12-5-6-12/h10-12H,5-9H2,1-4H3,(H,17,18). The quantitative estimate of drug-likeness (QED) is 0.772. The van der Waals surface area contributed by atoms with Crippen LogP contribution in [0.1, 0.15) is 40.5 Å². The highest BCUT2D eigenvalue weighted by Crippen LogP contribution is 2.28. The van der Waals surface area contributed by atoms with E-state index in [1.54, 1.807) is 4.90 Å². The highest BCUT2D eigenvalue weighted by Gasteiger charge is 2.36. The first-order chi connectivity index (χ1) is 8.81. The van der Waals surface area contributed by atoms with E-state index < -0.39 is 5.97 Å². The van der Waals surface area contributed by atoms with E-state index >= 15 is 0 Å². The number of amides is 2. The molecule has 0 aromatic rings. The second-order valence-corrected chi connectivity index (χ2v) is 6.23. The first-order valence-corrected chi connectivity index (χ1v) is 7.08. The number of carboxylic acid groups (broad SMARTS) is 1. The summed E-state index contributed by atoms with van der Waals surface area (Å²) < 4.78 is 0. The van der Waals surface area contributed by atoms with Crippen molar-refractivity contribution >= 4 is 12.0 Å². The molecule has 0 bridgehead atoms. The third-order valence-electron chi connectivity index (χ3n) is 2.98. The summed E-state index contributed by atoms with van der Waals surface area (Å²) in [6.45, 7) is 9.45. The van der Waals surface area contributed by atoms with Crippen molar-refractivity contribution in [2.24, 2.45) is 11.8 Å². The second-order valence-electron chi connectivity index (χ2n) is 6.23. The lowest BCUT2D eigenvalue weighted by atomic mass is 10.1. The highest BCUT2D eigenvalue weighted by atomic mass is 16.4. The van der Waals surface area contributed by atoms with E-state index in [0.29, 0.717) is 24.9 Å². The lowest BCUT2D eigenvalue weighted by Gasteiger charge is -2.32. The summed E-state index contributed by atoms with van der Waals surface area (Å²) >= 11 is 0. The van der Waals surface area contributed by atoms with Gasteiger partial charge in [-0.15, -0.1) is 0 Å². The predicted octanol–water partition coefficient (Wildman–Crippen LogP) is 2.27. The van der Waals surface area contributed by atoms with Crippen molar-refractivity contribution in [1.82, 2.24) is 9.80 Å². The molecule has 5 heteroatoms. The summed E-state index contributed by atoms with van der Waals surface area (Å²) in [5.74, 6) is -0.170. The van der Waals surface area contributed by atoms with E-state index in [9.17, 15) is 9.59 Å². The zero-order chi connectivity index (χ0) is 14.6. The molecule has 0 aromatic carbocycles. The van der Waals surface area contributed by atoms with Crippen LogP contribution in [0.2, 0.25) is 0 Å². The third-order valence-corrected chi connectivity index (χ3v) is 2.98. The summed E-state index contributed by atoms with van der Waals surface area (Å²) in [5.41, 5.74) is 0. The summed E-state index contributed by atoms with van der Waals surface area (Å²) in [5, 5.41) is 8.94. The minimum Gasteiger partial charge on any atom is -0.480 e. The van der Waals surface area contributed by atoms with Gasteiger partial charge in [0.15, 0.2) is 0 Å². The Bertz CT molecular complexity index is 315. The molecule has 19 heavy (non-hydrogen) atoms. The molecule has 110 valence electrons. The molecule has 1 fully saturated rings. The Labute approximate surface area is 115 Å². The minimum absolute atomic E-state index is 0.118. The van der Waals surface area contributed by atoms with Crippen molar-refractivity contribution in [2.45, 2.75) is 46.6 Å². The molecular weight excluding hydrogens is 244 g/mol. The number of carboxylic acids is 1. The third kappa shape index (κ3) is 5.49. The van der Waals surface area contributed by atoms with Crippen molar-refractivity contribution in [3.05, 3.63) is 0 Å². The first kappa shape index (κ1) is 15.8. The van der Waals surface area contributed by atoms with Crippen molar-refractivity contribution in [3.8, 4) is 0 Å². The van der Waals surface area contributed by atoms with E-state index in [4.69, 9.17) is 5.11 Å². The Morgan fingerprint density at radius 3 is 1.89 bits per heavy atom. The minimum atomic E-state index is -0.936. The van der Waals surface area contributed by atoms with Gasteiger partial charge in [0.2, 0.25) is 0 Å². The van der Waals surface area contributed by atoms with E-state index in [-0.39, 0.29) is 18.6 Å². The van der Waals surface area contributed by atoms with Gasteiger partial charge in [-0.1, -0.05) is 27.7 Å². The molecule has 1 aliphatic rings. The van der Waals surface area contributed by atoms with Gasteiger partial charge in [0.25, 0.3) is 0 Å². The summed E-state index contributed by atoms with van der Waals surface area (Å²) in [7, 11) is 0. The predicted molar refractivity (Wildman–Crippen MR) is 74.0 cm³/mol. The molecule has 0 atom stereocenters. The zero-order valence-corrected chi connectivity index (χ0v) is 12.4. The lowest BCUT2D eigenvalue weighted by molar-refractivity contribution is -0.137. The van der Waals surface area contributed by atoms with Crippen LogP contribution in [0.4, 0.5) is 4.79 Å². The van der Waals surface area contributed by atoms with Gasteiger partial charge >= 0.3 is 12.0 Å². The summed E-state index contributed by atoms with van der Waals surface area (Å²) in [4.78, 5) is 26.7. The smallest absolute Gasteiger partial charge is 0.323 e. The van der Waals surface area contributed by atoms with Crippen molar-refractivity contribution in [1.29, 1.82) is 0 Å². The fourth-order valence-corrected chi connectivity index (χ4v) is 2.18. The van der Waals surface area contributed by atoms with Gasteiger partial charge in [0.1, 0.15) is 6.54 Å². The maximum absolute atomic E-state index is 12.5. The number of aliphatic carboxylic acids is 1. The summed E-state index contributed by atoms with van der Waals surface area (Å²) in [6, 6.07) is 0.0118. The maximum Gasteiger partial charge on any atom is 0.323 e. The van der Waals surface area contributed by atoms with Crippen LogP contribution in [0, 0.1) is 11.8 Å². The lowest BCUT2D eigenvalue weighted by Crippen LogP contribution is -2.48. The molecule has 1 saturated carbocycles. The van der Waals surface area contributed by atoms with Crippen LogP contribution in [0.3, 0.4) is 0 Å². The molecule has 0 spiro atoms. The average molecular weight is 270 g/mol. The Morgan fingerprint density at radius 2 is 1.58 bits per heavy atom. The summed E-state index contributed by atoms with van der Waals surface area (Å²) in [6.07, 6.45) is 1.85. The molecular formula is C14H26N2O3. The van der Waals surface area contributed by atoms with Crippen molar-refractivity contribution < 1.29 is 14.7 Å². The second kappa shape index (κ2) is 6.78. The van der Waals surface area contributed by atoms with E-state index in [1.165, 1.54) is 4.90 Å². The Balaban J connectivity index is 2.73. The number of urea groups is 1. The van der Waals surface area contributed by atoms with Crippen LogP contribution in [-0.2, 0) is 4.79 Å². The largest absolute Gasteiger partial charge is 0.480 e. The first-order valence-electron chi connectivity index (χ1n) is 7.08. The van der Waals surface area contributed by atoms with Gasteiger partial charge in [-0.2, -0.15) is 0 Å². The number of nitrogens with zero attached hydrogens (tertiary/aromatic N) is 2. The average Bonchev–Trinajstić information content (AvgIpc) is 3.06. The molecule has 1 N–H and O–H groups in total. The van der Waals surface area contributed by atoms with Crippen molar-refractivity contribution in [2.75, 3.05) is 19.6 Å². The van der Waals surface area contributed by atoms with Gasteiger partial charge in [-0.05, 0) is 24.7 Å². The Kier molecular flexibility index (Phi) is 5.63. The molecule has 0 radical (unpaired) electrons. The fourth-order valence-electron chi connectivity index (χ4n) is 2.18. The molecule has 0 saturated heterocycles. The van der Waals surface area contributed by atoms with E-state index in [2.05, 4.69) is 27.7 Å². The topological polar surface area (TPSA) is 60.9 Å². The van der Waals surface area contributed by atoms with Gasteiger partial charge < -0.3 is 14.9 Å². The van der Waals surface area contributed by atoms with Gasteiger partial charge in [0.05, 0.1) is 0 Å². The molecule has 2 amide bonds. The monoisotopic (exact) mass is 270 g/mol. The Hall–Kier alpha value is -1.26. The molecule has 1 aliphatic carbocycles. The number of rotatable bonds is 7. The fraction of sp³-hybridized carbons (Fsp3) is 0.857. The number of hydrogen-bond acceptors (Lipinski definition) is 2.